The number of aromatic amines is 2. The second-order valence-corrected chi connectivity index (χ2v) is 9.61. The van der Waals surface area contributed by atoms with Gasteiger partial charge in [0.1, 0.15) is 22.6 Å². The highest BCUT2D eigenvalue weighted by molar-refractivity contribution is 5.95. The molecule has 1 aromatic carbocycles. The summed E-state index contributed by atoms with van der Waals surface area (Å²) in [6, 6.07) is 11.1. The summed E-state index contributed by atoms with van der Waals surface area (Å²) < 4.78 is 14.0. The molecule has 6 rings (SSSR count). The van der Waals surface area contributed by atoms with Crippen molar-refractivity contribution in [2.24, 2.45) is 5.92 Å². The summed E-state index contributed by atoms with van der Waals surface area (Å²) in [7, 11) is 0. The van der Waals surface area contributed by atoms with Crippen LogP contribution in [0.4, 0.5) is 10.1 Å². The Morgan fingerprint density at radius 2 is 1.85 bits per heavy atom. The average Bonchev–Trinajstić information content (AvgIpc) is 3.51. The van der Waals surface area contributed by atoms with E-state index in [1.165, 1.54) is 12.1 Å². The van der Waals surface area contributed by atoms with E-state index in [1.54, 1.807) is 24.7 Å². The van der Waals surface area contributed by atoms with Gasteiger partial charge in [-0.15, -0.1) is 0 Å². The first kappa shape index (κ1) is 24.2. The zero-order chi connectivity index (χ0) is 27.1. The number of hydrogen-bond acceptors (Lipinski definition) is 7. The van der Waals surface area contributed by atoms with E-state index in [-0.39, 0.29) is 17.6 Å². The molecular weight excluding hydrogens is 499 g/mol. The number of carbonyl (C=O) groups excluding carboxylic acids is 1. The molecule has 0 radical (unpaired) electrons. The lowest BCUT2D eigenvalue weighted by Crippen LogP contribution is -2.14. The van der Waals surface area contributed by atoms with E-state index in [2.05, 4.69) is 30.5 Å². The fraction of sp³-hybridized carbons (Fsp3) is 0.143. The number of rotatable bonds is 6. The minimum absolute atomic E-state index is 0.0725. The number of phenolic OH excluding ortho intramolecular Hbond substituents is 1. The SMILES string of the molecule is CC(C)CC(=O)Nc1cncc(-c2ccc3[nH]nc(-c4nc5c(-c6cc(O)cc(F)c6)nccc5[nH]4)c3n2)c1. The molecule has 0 unspecified atom stereocenters. The minimum atomic E-state index is -0.576. The molecule has 0 saturated heterocycles. The molecule has 0 fully saturated rings. The van der Waals surface area contributed by atoms with Gasteiger partial charge in [0.15, 0.2) is 11.5 Å². The molecule has 0 spiro atoms. The van der Waals surface area contributed by atoms with E-state index in [1.807, 2.05) is 32.0 Å². The van der Waals surface area contributed by atoms with Crippen molar-refractivity contribution in [2.75, 3.05) is 5.32 Å². The molecule has 1 amide bonds. The van der Waals surface area contributed by atoms with Gasteiger partial charge < -0.3 is 15.4 Å². The molecule has 194 valence electrons. The number of benzene rings is 1. The van der Waals surface area contributed by atoms with Gasteiger partial charge in [0.2, 0.25) is 5.91 Å². The smallest absolute Gasteiger partial charge is 0.224 e. The summed E-state index contributed by atoms with van der Waals surface area (Å²) in [6.07, 6.45) is 5.28. The van der Waals surface area contributed by atoms with Crippen molar-refractivity contribution in [1.82, 2.24) is 35.1 Å². The molecular formula is C28H23FN8O2. The van der Waals surface area contributed by atoms with Gasteiger partial charge >= 0.3 is 0 Å². The third kappa shape index (κ3) is 4.77. The van der Waals surface area contributed by atoms with Crippen LogP contribution in [0.25, 0.3) is 56.1 Å². The average molecular weight is 523 g/mol. The number of aromatic nitrogens is 7. The van der Waals surface area contributed by atoms with Crippen molar-refractivity contribution in [2.45, 2.75) is 20.3 Å². The first-order valence-electron chi connectivity index (χ1n) is 12.3. The lowest BCUT2D eigenvalue weighted by molar-refractivity contribution is -0.116. The second-order valence-electron chi connectivity index (χ2n) is 9.61. The molecule has 0 bridgehead atoms. The zero-order valence-electron chi connectivity index (χ0n) is 21.0. The van der Waals surface area contributed by atoms with Crippen LogP contribution in [-0.4, -0.2) is 46.1 Å². The van der Waals surface area contributed by atoms with Crippen molar-refractivity contribution >= 4 is 33.7 Å². The monoisotopic (exact) mass is 522 g/mol. The highest BCUT2D eigenvalue weighted by Crippen LogP contribution is 2.32. The molecule has 5 aromatic heterocycles. The molecule has 0 saturated carbocycles. The third-order valence-corrected chi connectivity index (χ3v) is 6.10. The first-order valence-corrected chi connectivity index (χ1v) is 12.3. The van der Waals surface area contributed by atoms with Crippen molar-refractivity contribution in [3.63, 3.8) is 0 Å². The van der Waals surface area contributed by atoms with E-state index in [0.717, 1.165) is 11.6 Å². The Morgan fingerprint density at radius 3 is 2.67 bits per heavy atom. The number of anilines is 1. The Labute approximate surface area is 221 Å². The molecule has 39 heavy (non-hydrogen) atoms. The van der Waals surface area contributed by atoms with Gasteiger partial charge in [-0.2, -0.15) is 5.10 Å². The fourth-order valence-electron chi connectivity index (χ4n) is 4.43. The minimum Gasteiger partial charge on any atom is -0.508 e. The van der Waals surface area contributed by atoms with Crippen LogP contribution in [0.2, 0.25) is 0 Å². The van der Waals surface area contributed by atoms with Gasteiger partial charge in [-0.3, -0.25) is 19.9 Å². The van der Waals surface area contributed by atoms with E-state index in [9.17, 15) is 14.3 Å². The molecule has 6 aromatic rings. The molecule has 4 N–H and O–H groups in total. The van der Waals surface area contributed by atoms with Crippen LogP contribution in [0.1, 0.15) is 20.3 Å². The molecule has 0 aliphatic heterocycles. The molecule has 5 heterocycles. The van der Waals surface area contributed by atoms with E-state index < -0.39 is 5.82 Å². The molecule has 0 atom stereocenters. The van der Waals surface area contributed by atoms with E-state index in [0.29, 0.717) is 62.6 Å². The normalized spacial score (nSPS) is 11.5. The maximum atomic E-state index is 14.0. The summed E-state index contributed by atoms with van der Waals surface area (Å²) >= 11 is 0. The topological polar surface area (TPSA) is 145 Å². The highest BCUT2D eigenvalue weighted by Gasteiger charge is 2.18. The van der Waals surface area contributed by atoms with Crippen LogP contribution in [0, 0.1) is 11.7 Å². The number of imidazole rings is 1. The standard InChI is InChI=1S/C28H23FN8O2/c1-14(2)7-23(39)32-18-9-16(12-30-13-18)20-3-4-22-26(33-20)27(37-36-22)28-34-21-5-6-31-24(25(21)35-28)15-8-17(29)11-19(38)10-15/h3-6,8-14,38H,7H2,1-2H3,(H,32,39)(H,34,35)(H,36,37). The summed E-state index contributed by atoms with van der Waals surface area (Å²) in [5.41, 5.74) is 5.73. The van der Waals surface area contributed by atoms with Crippen LogP contribution in [-0.2, 0) is 4.79 Å². The second kappa shape index (κ2) is 9.60. The largest absolute Gasteiger partial charge is 0.508 e. The Morgan fingerprint density at radius 1 is 1.00 bits per heavy atom. The predicted molar refractivity (Wildman–Crippen MR) is 145 cm³/mol. The van der Waals surface area contributed by atoms with E-state index in [4.69, 9.17) is 9.97 Å². The van der Waals surface area contributed by atoms with E-state index >= 15 is 0 Å². The van der Waals surface area contributed by atoms with Crippen LogP contribution in [0.3, 0.4) is 0 Å². The number of phenols is 1. The van der Waals surface area contributed by atoms with Crippen LogP contribution in [0.15, 0.2) is 61.1 Å². The molecule has 0 aliphatic carbocycles. The maximum Gasteiger partial charge on any atom is 0.224 e. The van der Waals surface area contributed by atoms with Crippen molar-refractivity contribution in [3.8, 4) is 39.8 Å². The summed E-state index contributed by atoms with van der Waals surface area (Å²) in [4.78, 5) is 33.6. The molecule has 10 nitrogen and oxygen atoms in total. The number of nitrogens with one attached hydrogen (secondary N) is 3. The number of nitrogens with zero attached hydrogens (tertiary/aromatic N) is 5. The summed E-state index contributed by atoms with van der Waals surface area (Å²) in [5.74, 6) is -0.156. The quantitative estimate of drug-likeness (QED) is 0.227. The Balaban J connectivity index is 1.39. The van der Waals surface area contributed by atoms with Crippen LogP contribution in [0.5, 0.6) is 5.75 Å². The number of aromatic hydroxyl groups is 1. The molecule has 11 heteroatoms. The number of amides is 1. The fourth-order valence-corrected chi connectivity index (χ4v) is 4.43. The van der Waals surface area contributed by atoms with Crippen LogP contribution >= 0.6 is 0 Å². The zero-order valence-corrected chi connectivity index (χ0v) is 21.0. The first-order chi connectivity index (χ1) is 18.8. The van der Waals surface area contributed by atoms with Gasteiger partial charge in [-0.05, 0) is 42.3 Å². The van der Waals surface area contributed by atoms with Gasteiger partial charge in [0.05, 0.1) is 34.3 Å². The lowest BCUT2D eigenvalue weighted by Gasteiger charge is -2.08. The van der Waals surface area contributed by atoms with Gasteiger partial charge in [-0.1, -0.05) is 13.8 Å². The highest BCUT2D eigenvalue weighted by atomic mass is 19.1. The number of H-pyrrole nitrogens is 2. The summed E-state index contributed by atoms with van der Waals surface area (Å²) in [6.45, 7) is 3.98. The van der Waals surface area contributed by atoms with Crippen LogP contribution < -0.4 is 5.32 Å². The summed E-state index contributed by atoms with van der Waals surface area (Å²) in [5, 5.41) is 20.2. The number of pyridine rings is 3. The molecule has 0 aliphatic rings. The Kier molecular flexibility index (Phi) is 5.95. The number of fused-ring (bicyclic) bond motifs is 2. The Bertz CT molecular complexity index is 1840. The number of carbonyl (C=O) groups is 1. The lowest BCUT2D eigenvalue weighted by atomic mass is 10.1. The van der Waals surface area contributed by atoms with Gasteiger partial charge in [0.25, 0.3) is 0 Å². The Hall–Kier alpha value is -5.19. The number of hydrogen-bond donors (Lipinski definition) is 4. The third-order valence-electron chi connectivity index (χ3n) is 6.10. The maximum absolute atomic E-state index is 14.0. The van der Waals surface area contributed by atoms with Crippen molar-refractivity contribution < 1.29 is 14.3 Å². The predicted octanol–water partition coefficient (Wildman–Crippen LogP) is 5.45. The van der Waals surface area contributed by atoms with Gasteiger partial charge in [0, 0.05) is 36.0 Å². The van der Waals surface area contributed by atoms with Gasteiger partial charge in [-0.25, -0.2) is 14.4 Å². The van der Waals surface area contributed by atoms with Crippen molar-refractivity contribution in [3.05, 3.63) is 66.9 Å². The van der Waals surface area contributed by atoms with Crippen molar-refractivity contribution in [1.29, 1.82) is 0 Å². The number of halogens is 1.